The first-order chi connectivity index (χ1) is 14.0. The van der Waals surface area contributed by atoms with Gasteiger partial charge in [-0.3, -0.25) is 14.3 Å². The molecule has 0 bridgehead atoms. The van der Waals surface area contributed by atoms with Crippen molar-refractivity contribution >= 4 is 0 Å². The van der Waals surface area contributed by atoms with E-state index in [1.165, 1.54) is 11.1 Å². The molecule has 0 radical (unpaired) electrons. The highest BCUT2D eigenvalue weighted by molar-refractivity contribution is 5.33. The number of nitrogens with zero attached hydrogens (tertiary/aromatic N) is 1. The number of nitrogens with one attached hydrogen (secondary N) is 1. The van der Waals surface area contributed by atoms with Gasteiger partial charge in [-0.1, -0.05) is 68.4 Å². The number of aromatic nitrogens is 2. The zero-order valence-corrected chi connectivity index (χ0v) is 16.9. The second kappa shape index (κ2) is 8.21. The van der Waals surface area contributed by atoms with Gasteiger partial charge in [-0.25, -0.2) is 4.79 Å². The summed E-state index contributed by atoms with van der Waals surface area (Å²) in [6, 6.07) is 18.2. The fraction of sp³-hybridized carbons (Fsp3) is 0.333. The van der Waals surface area contributed by atoms with E-state index in [9.17, 15) is 9.59 Å². The number of H-pyrrole nitrogens is 1. The SMILES string of the molecule is CC(C)c1c(Cc2ccccc2)n(COC2Cc3ccccc3C2)c(=O)[nH]c1=O. The van der Waals surface area contributed by atoms with Gasteiger partial charge >= 0.3 is 5.69 Å². The summed E-state index contributed by atoms with van der Waals surface area (Å²) in [6.07, 6.45) is 2.25. The van der Waals surface area contributed by atoms with E-state index in [2.05, 4.69) is 17.1 Å². The van der Waals surface area contributed by atoms with Gasteiger partial charge in [0.15, 0.2) is 0 Å². The van der Waals surface area contributed by atoms with E-state index in [0.717, 1.165) is 24.1 Å². The van der Waals surface area contributed by atoms with Crippen LogP contribution >= 0.6 is 0 Å². The minimum atomic E-state index is -0.416. The number of rotatable bonds is 6. The van der Waals surface area contributed by atoms with Crippen molar-refractivity contribution in [2.45, 2.75) is 51.9 Å². The third kappa shape index (κ3) is 4.10. The standard InChI is InChI=1S/C24H26N2O3/c1-16(2)22-21(12-17-8-4-3-5-9-17)26(24(28)25-23(22)27)15-29-20-13-18-10-6-7-11-19(18)14-20/h3-11,16,20H,12-15H2,1-2H3,(H,25,27,28). The normalized spacial score (nSPS) is 13.8. The van der Waals surface area contributed by atoms with Crippen LogP contribution in [0, 0.1) is 0 Å². The molecule has 0 unspecified atom stereocenters. The summed E-state index contributed by atoms with van der Waals surface area (Å²) in [5, 5.41) is 0. The van der Waals surface area contributed by atoms with Gasteiger partial charge in [0.05, 0.1) is 6.10 Å². The summed E-state index contributed by atoms with van der Waals surface area (Å²) in [7, 11) is 0. The monoisotopic (exact) mass is 390 g/mol. The molecule has 0 saturated heterocycles. The number of aromatic amines is 1. The van der Waals surface area contributed by atoms with Crippen molar-refractivity contribution in [3.63, 3.8) is 0 Å². The maximum atomic E-state index is 12.7. The molecule has 1 aromatic heterocycles. The van der Waals surface area contributed by atoms with Crippen molar-refractivity contribution in [1.29, 1.82) is 0 Å². The molecule has 0 aliphatic heterocycles. The maximum absolute atomic E-state index is 12.7. The van der Waals surface area contributed by atoms with Crippen molar-refractivity contribution in [3.8, 4) is 0 Å². The zero-order chi connectivity index (χ0) is 20.4. The van der Waals surface area contributed by atoms with E-state index in [0.29, 0.717) is 12.0 Å². The minimum absolute atomic E-state index is 0.0000440. The molecule has 0 spiro atoms. The predicted octanol–water partition coefficient (Wildman–Crippen LogP) is 3.39. The van der Waals surface area contributed by atoms with E-state index in [4.69, 9.17) is 4.74 Å². The van der Waals surface area contributed by atoms with Crippen molar-refractivity contribution < 1.29 is 4.74 Å². The molecule has 0 fully saturated rings. The lowest BCUT2D eigenvalue weighted by Gasteiger charge is -2.20. The van der Waals surface area contributed by atoms with Gasteiger partial charge in [0, 0.05) is 17.7 Å². The molecule has 0 atom stereocenters. The lowest BCUT2D eigenvalue weighted by molar-refractivity contribution is 0.00957. The smallest absolute Gasteiger partial charge is 0.330 e. The molecule has 2 aromatic carbocycles. The lowest BCUT2D eigenvalue weighted by atomic mass is 9.98. The van der Waals surface area contributed by atoms with Crippen LogP contribution < -0.4 is 11.2 Å². The third-order valence-electron chi connectivity index (χ3n) is 5.59. The topological polar surface area (TPSA) is 64.1 Å². The Kier molecular flexibility index (Phi) is 5.49. The van der Waals surface area contributed by atoms with Gasteiger partial charge in [0.25, 0.3) is 5.56 Å². The Hall–Kier alpha value is -2.92. The molecule has 0 saturated carbocycles. The summed E-state index contributed by atoms with van der Waals surface area (Å²) in [5.74, 6) is 0.0000440. The van der Waals surface area contributed by atoms with E-state index >= 15 is 0 Å². The fourth-order valence-corrected chi connectivity index (χ4v) is 4.16. The van der Waals surface area contributed by atoms with Crippen molar-refractivity contribution in [3.05, 3.63) is 103 Å². The van der Waals surface area contributed by atoms with Crippen LogP contribution in [-0.4, -0.2) is 15.7 Å². The van der Waals surface area contributed by atoms with Crippen LogP contribution in [-0.2, 0) is 30.7 Å². The Labute approximate surface area is 170 Å². The quantitative estimate of drug-likeness (QED) is 0.702. The molecule has 29 heavy (non-hydrogen) atoms. The number of ether oxygens (including phenoxy) is 1. The Bertz CT molecular complexity index is 1090. The first-order valence-corrected chi connectivity index (χ1v) is 10.1. The number of hydrogen-bond acceptors (Lipinski definition) is 3. The Morgan fingerprint density at radius 2 is 1.62 bits per heavy atom. The van der Waals surface area contributed by atoms with Crippen LogP contribution in [0.2, 0.25) is 0 Å². The molecule has 0 amide bonds. The second-order valence-corrected chi connectivity index (χ2v) is 7.96. The van der Waals surface area contributed by atoms with E-state index in [1.54, 1.807) is 4.57 Å². The molecule has 150 valence electrons. The van der Waals surface area contributed by atoms with Crippen LogP contribution in [0.4, 0.5) is 0 Å². The van der Waals surface area contributed by atoms with E-state index in [-0.39, 0.29) is 24.3 Å². The fourth-order valence-electron chi connectivity index (χ4n) is 4.16. The van der Waals surface area contributed by atoms with Crippen LogP contribution in [0.25, 0.3) is 0 Å². The predicted molar refractivity (Wildman–Crippen MR) is 113 cm³/mol. The minimum Gasteiger partial charge on any atom is -0.357 e. The molecule has 1 N–H and O–H groups in total. The summed E-state index contributed by atoms with van der Waals surface area (Å²) < 4.78 is 7.74. The summed E-state index contributed by atoms with van der Waals surface area (Å²) in [5.41, 5.74) is 4.32. The van der Waals surface area contributed by atoms with Gasteiger partial charge in [0.2, 0.25) is 0 Å². The third-order valence-corrected chi connectivity index (χ3v) is 5.59. The largest absolute Gasteiger partial charge is 0.357 e. The molecular weight excluding hydrogens is 364 g/mol. The molecule has 1 aliphatic carbocycles. The summed E-state index contributed by atoms with van der Waals surface area (Å²) in [4.78, 5) is 27.7. The highest BCUT2D eigenvalue weighted by Gasteiger charge is 2.23. The van der Waals surface area contributed by atoms with Crippen molar-refractivity contribution in [1.82, 2.24) is 9.55 Å². The van der Waals surface area contributed by atoms with Gasteiger partial charge in [-0.05, 0) is 35.4 Å². The van der Waals surface area contributed by atoms with Gasteiger partial charge < -0.3 is 4.74 Å². The molecule has 3 aromatic rings. The summed E-state index contributed by atoms with van der Waals surface area (Å²) in [6.45, 7) is 4.08. The average Bonchev–Trinajstić information content (AvgIpc) is 3.11. The molecule has 4 rings (SSSR count). The zero-order valence-electron chi connectivity index (χ0n) is 16.9. The second-order valence-electron chi connectivity index (χ2n) is 7.96. The average molecular weight is 390 g/mol. The Morgan fingerprint density at radius 1 is 1.00 bits per heavy atom. The molecule has 1 heterocycles. The van der Waals surface area contributed by atoms with Crippen LogP contribution in [0.15, 0.2) is 64.2 Å². The lowest BCUT2D eigenvalue weighted by Crippen LogP contribution is -2.37. The van der Waals surface area contributed by atoms with Crippen molar-refractivity contribution in [2.75, 3.05) is 0 Å². The van der Waals surface area contributed by atoms with Gasteiger partial charge in [-0.2, -0.15) is 0 Å². The number of hydrogen-bond donors (Lipinski definition) is 1. The molecule has 1 aliphatic rings. The van der Waals surface area contributed by atoms with Gasteiger partial charge in [-0.15, -0.1) is 0 Å². The Morgan fingerprint density at radius 3 is 2.24 bits per heavy atom. The van der Waals surface area contributed by atoms with Crippen LogP contribution in [0.5, 0.6) is 0 Å². The van der Waals surface area contributed by atoms with Crippen molar-refractivity contribution in [2.24, 2.45) is 0 Å². The van der Waals surface area contributed by atoms with E-state index in [1.807, 2.05) is 56.3 Å². The molecule has 5 heteroatoms. The highest BCUT2D eigenvalue weighted by Crippen LogP contribution is 2.24. The van der Waals surface area contributed by atoms with Crippen LogP contribution in [0.3, 0.4) is 0 Å². The maximum Gasteiger partial charge on any atom is 0.330 e. The first-order valence-electron chi connectivity index (χ1n) is 10.1. The highest BCUT2D eigenvalue weighted by atomic mass is 16.5. The van der Waals surface area contributed by atoms with E-state index < -0.39 is 5.69 Å². The van der Waals surface area contributed by atoms with Crippen LogP contribution in [0.1, 0.15) is 47.7 Å². The first kappa shape index (κ1) is 19.4. The number of benzene rings is 2. The summed E-state index contributed by atoms with van der Waals surface area (Å²) >= 11 is 0. The molecule has 5 nitrogen and oxygen atoms in total. The van der Waals surface area contributed by atoms with Gasteiger partial charge in [0.1, 0.15) is 6.73 Å². The molecular formula is C24H26N2O3. The Balaban J connectivity index is 1.64. The number of fused-ring (bicyclic) bond motifs is 1.